The zero-order valence-electron chi connectivity index (χ0n) is 13.1. The molecule has 25 heavy (non-hydrogen) atoms. The molecule has 1 unspecified atom stereocenters. The first-order chi connectivity index (χ1) is 11.9. The summed E-state index contributed by atoms with van der Waals surface area (Å²) in [7, 11) is 0. The minimum absolute atomic E-state index is 0.0899. The van der Waals surface area contributed by atoms with Gasteiger partial charge in [-0.2, -0.15) is 0 Å². The Morgan fingerprint density at radius 3 is 2.60 bits per heavy atom. The van der Waals surface area contributed by atoms with Gasteiger partial charge in [0.2, 0.25) is 0 Å². The van der Waals surface area contributed by atoms with Crippen molar-refractivity contribution in [1.82, 2.24) is 0 Å². The molecule has 2 N–H and O–H groups in total. The predicted octanol–water partition coefficient (Wildman–Crippen LogP) is 4.88. The van der Waals surface area contributed by atoms with Crippen LogP contribution in [0, 0.1) is 11.6 Å². The smallest absolute Gasteiger partial charge is 0.255 e. The predicted molar refractivity (Wildman–Crippen MR) is 95.3 cm³/mol. The van der Waals surface area contributed by atoms with Crippen molar-refractivity contribution in [3.05, 3.63) is 58.6 Å². The van der Waals surface area contributed by atoms with Gasteiger partial charge >= 0.3 is 0 Å². The van der Waals surface area contributed by atoms with Crippen LogP contribution < -0.4 is 5.32 Å². The summed E-state index contributed by atoms with van der Waals surface area (Å²) in [6.07, 6.45) is 1.81. The van der Waals surface area contributed by atoms with Gasteiger partial charge in [-0.15, -0.1) is 11.8 Å². The summed E-state index contributed by atoms with van der Waals surface area (Å²) in [5.41, 5.74) is 0.650. The normalized spacial score (nSPS) is 19.8. The molecule has 2 atom stereocenters. The molecule has 0 radical (unpaired) electrons. The van der Waals surface area contributed by atoms with Crippen molar-refractivity contribution >= 4 is 35.0 Å². The maximum absolute atomic E-state index is 14.0. The molecule has 1 aliphatic rings. The molecule has 1 saturated carbocycles. The Labute approximate surface area is 153 Å². The molecule has 1 aliphatic carbocycles. The van der Waals surface area contributed by atoms with Crippen LogP contribution >= 0.6 is 23.4 Å². The van der Waals surface area contributed by atoms with Crippen LogP contribution in [0.25, 0.3) is 0 Å². The third-order valence-corrected chi connectivity index (χ3v) is 5.64. The number of anilines is 1. The van der Waals surface area contributed by atoms with Crippen LogP contribution in [-0.4, -0.2) is 22.4 Å². The minimum Gasteiger partial charge on any atom is -0.393 e. The first-order valence-corrected chi connectivity index (χ1v) is 9.09. The zero-order valence-corrected chi connectivity index (χ0v) is 14.7. The van der Waals surface area contributed by atoms with E-state index in [4.69, 9.17) is 11.6 Å². The van der Waals surface area contributed by atoms with E-state index in [0.29, 0.717) is 29.0 Å². The van der Waals surface area contributed by atoms with E-state index in [1.807, 2.05) is 0 Å². The molecular formula is C18H16ClF2NO2S. The summed E-state index contributed by atoms with van der Waals surface area (Å²) in [6.45, 7) is 0. The number of aliphatic hydroxyl groups is 1. The summed E-state index contributed by atoms with van der Waals surface area (Å²) >= 11 is 7.03. The van der Waals surface area contributed by atoms with Gasteiger partial charge in [-0.3, -0.25) is 4.79 Å². The number of benzene rings is 2. The third kappa shape index (κ3) is 4.51. The molecule has 2 aromatic carbocycles. The number of aliphatic hydroxyl groups excluding tert-OH is 1. The monoisotopic (exact) mass is 383 g/mol. The van der Waals surface area contributed by atoms with Crippen molar-refractivity contribution in [3.8, 4) is 0 Å². The molecule has 0 bridgehead atoms. The Balaban J connectivity index is 1.74. The number of carbonyl (C=O) groups is 1. The molecule has 132 valence electrons. The van der Waals surface area contributed by atoms with Crippen molar-refractivity contribution in [1.29, 1.82) is 0 Å². The topological polar surface area (TPSA) is 49.3 Å². The van der Waals surface area contributed by atoms with E-state index >= 15 is 0 Å². The lowest BCUT2D eigenvalue weighted by Gasteiger charge is -2.12. The van der Waals surface area contributed by atoms with Crippen molar-refractivity contribution in [2.75, 3.05) is 5.32 Å². The third-order valence-electron chi connectivity index (χ3n) is 4.02. The highest BCUT2D eigenvalue weighted by atomic mass is 35.5. The van der Waals surface area contributed by atoms with Crippen LogP contribution in [0.5, 0.6) is 0 Å². The number of rotatable bonds is 4. The standard InChI is InChI=1S/C18H16ClF2NO2S/c19-14-8-11(2-6-15(14)20)22-18(24)10-1-5-16(21)17(7-10)25-13-4-3-12(23)9-13/h1-2,5-8,12-13,23H,3-4,9H2,(H,22,24)/t12-,13?/m0/s1. The van der Waals surface area contributed by atoms with E-state index in [9.17, 15) is 18.7 Å². The highest BCUT2D eigenvalue weighted by molar-refractivity contribution is 8.00. The Kier molecular flexibility index (Phi) is 5.61. The number of halogens is 3. The average Bonchev–Trinajstić information content (AvgIpc) is 2.98. The van der Waals surface area contributed by atoms with E-state index in [1.165, 1.54) is 42.1 Å². The molecule has 0 saturated heterocycles. The molecule has 0 aromatic heterocycles. The lowest BCUT2D eigenvalue weighted by atomic mass is 10.2. The summed E-state index contributed by atoms with van der Waals surface area (Å²) < 4.78 is 27.2. The SMILES string of the molecule is O=C(Nc1ccc(F)c(Cl)c1)c1ccc(F)c(SC2CC[C@H](O)C2)c1. The van der Waals surface area contributed by atoms with Gasteiger partial charge < -0.3 is 10.4 Å². The van der Waals surface area contributed by atoms with Crippen LogP contribution in [-0.2, 0) is 0 Å². The molecule has 1 amide bonds. The lowest BCUT2D eigenvalue weighted by molar-refractivity contribution is 0.102. The Morgan fingerprint density at radius 2 is 1.92 bits per heavy atom. The van der Waals surface area contributed by atoms with Crippen molar-refractivity contribution < 1.29 is 18.7 Å². The van der Waals surface area contributed by atoms with Gasteiger partial charge in [0.1, 0.15) is 11.6 Å². The van der Waals surface area contributed by atoms with Crippen molar-refractivity contribution in [2.45, 2.75) is 35.5 Å². The van der Waals surface area contributed by atoms with Gasteiger partial charge in [0.15, 0.2) is 0 Å². The molecule has 0 heterocycles. The molecule has 0 spiro atoms. The highest BCUT2D eigenvalue weighted by Crippen LogP contribution is 2.36. The molecule has 7 heteroatoms. The Hall–Kier alpha value is -1.63. The molecule has 3 nitrogen and oxygen atoms in total. The average molecular weight is 384 g/mol. The van der Waals surface area contributed by atoms with Gasteiger partial charge in [0.05, 0.1) is 11.1 Å². The fourth-order valence-electron chi connectivity index (χ4n) is 2.72. The molecular weight excluding hydrogens is 368 g/mol. The van der Waals surface area contributed by atoms with Crippen molar-refractivity contribution in [2.24, 2.45) is 0 Å². The quantitative estimate of drug-likeness (QED) is 0.791. The molecule has 1 fully saturated rings. The van der Waals surface area contributed by atoms with Gasteiger partial charge in [-0.05, 0) is 55.7 Å². The Bertz CT molecular complexity index is 803. The summed E-state index contributed by atoms with van der Waals surface area (Å²) in [5.74, 6) is -1.40. The number of amides is 1. The fourth-order valence-corrected chi connectivity index (χ4v) is 4.20. The lowest BCUT2D eigenvalue weighted by Crippen LogP contribution is -2.12. The van der Waals surface area contributed by atoms with Gasteiger partial charge in [0.25, 0.3) is 5.91 Å². The van der Waals surface area contributed by atoms with Gasteiger partial charge in [0, 0.05) is 21.4 Å². The number of carbonyl (C=O) groups excluding carboxylic acids is 1. The summed E-state index contributed by atoms with van der Waals surface area (Å²) in [6, 6.07) is 8.01. The molecule has 3 rings (SSSR count). The van der Waals surface area contributed by atoms with Crippen LogP contribution in [0.4, 0.5) is 14.5 Å². The fraction of sp³-hybridized carbons (Fsp3) is 0.278. The van der Waals surface area contributed by atoms with E-state index in [0.717, 1.165) is 12.5 Å². The van der Waals surface area contributed by atoms with Gasteiger partial charge in [-0.25, -0.2) is 8.78 Å². The molecule has 0 aliphatic heterocycles. The van der Waals surface area contributed by atoms with Crippen molar-refractivity contribution in [3.63, 3.8) is 0 Å². The van der Waals surface area contributed by atoms with Crippen LogP contribution in [0.1, 0.15) is 29.6 Å². The van der Waals surface area contributed by atoms with Crippen LogP contribution in [0.15, 0.2) is 41.3 Å². The van der Waals surface area contributed by atoms with Crippen LogP contribution in [0.2, 0.25) is 5.02 Å². The van der Waals surface area contributed by atoms with E-state index in [2.05, 4.69) is 5.32 Å². The number of hydrogen-bond donors (Lipinski definition) is 2. The second-order valence-corrected chi connectivity index (χ2v) is 7.68. The number of hydrogen-bond acceptors (Lipinski definition) is 3. The van der Waals surface area contributed by atoms with E-state index in [1.54, 1.807) is 0 Å². The molecule has 2 aromatic rings. The van der Waals surface area contributed by atoms with E-state index < -0.39 is 17.5 Å². The largest absolute Gasteiger partial charge is 0.393 e. The number of nitrogens with one attached hydrogen (secondary N) is 1. The zero-order chi connectivity index (χ0) is 18.0. The van der Waals surface area contributed by atoms with Crippen LogP contribution in [0.3, 0.4) is 0 Å². The number of thioether (sulfide) groups is 1. The first-order valence-electron chi connectivity index (χ1n) is 7.83. The Morgan fingerprint density at radius 1 is 1.16 bits per heavy atom. The summed E-state index contributed by atoms with van der Waals surface area (Å²) in [4.78, 5) is 12.7. The summed E-state index contributed by atoms with van der Waals surface area (Å²) in [5, 5.41) is 12.2. The first kappa shape index (κ1) is 18.2. The minimum atomic E-state index is -0.570. The maximum Gasteiger partial charge on any atom is 0.255 e. The maximum atomic E-state index is 14.0. The highest BCUT2D eigenvalue weighted by Gasteiger charge is 2.25. The van der Waals surface area contributed by atoms with E-state index in [-0.39, 0.29) is 16.4 Å². The van der Waals surface area contributed by atoms with Gasteiger partial charge in [-0.1, -0.05) is 11.6 Å². The second kappa shape index (κ2) is 7.72. The second-order valence-electron chi connectivity index (χ2n) is 5.93.